The highest BCUT2D eigenvalue weighted by molar-refractivity contribution is 9.10. The van der Waals surface area contributed by atoms with Crippen molar-refractivity contribution >= 4 is 41.1 Å². The second-order valence-corrected chi connectivity index (χ2v) is 15.6. The van der Waals surface area contributed by atoms with Crippen LogP contribution in [0.15, 0.2) is 28.7 Å². The molecule has 202 valence electrons. The average Bonchev–Trinajstić information content (AvgIpc) is 2.83. The molecule has 0 aliphatic heterocycles. The number of halogens is 4. The number of nitrogens with zero attached hydrogens (tertiary/aromatic N) is 3. The standard InChI is InChI=1S/C27H36BrF3N4OSi/c1-9-37(10-2,11-3)36-26(7,8)27(30,31)21-14-12-13-19(23(21)29)16(4)32-24-20-15-22(28)17(5)33-25(20)35-18(6)34-24/h12-16H,9-11H2,1-8H3,(H,32,33,34,35). The van der Waals surface area contributed by atoms with Crippen LogP contribution in [0.25, 0.3) is 11.0 Å². The first-order chi connectivity index (χ1) is 17.2. The molecule has 3 rings (SSSR count). The molecule has 0 aliphatic carbocycles. The first-order valence-electron chi connectivity index (χ1n) is 12.7. The van der Waals surface area contributed by atoms with Crippen molar-refractivity contribution in [1.82, 2.24) is 15.0 Å². The van der Waals surface area contributed by atoms with Gasteiger partial charge >= 0.3 is 5.92 Å². The lowest BCUT2D eigenvalue weighted by Crippen LogP contribution is -2.52. The normalized spacial score (nSPS) is 13.7. The zero-order chi connectivity index (χ0) is 27.8. The third-order valence-electron chi connectivity index (χ3n) is 7.28. The van der Waals surface area contributed by atoms with Crippen LogP contribution < -0.4 is 5.32 Å². The van der Waals surface area contributed by atoms with E-state index in [1.54, 1.807) is 13.8 Å². The zero-order valence-corrected chi connectivity index (χ0v) is 25.4. The Bertz CT molecular complexity index is 1280. The number of pyridine rings is 1. The molecule has 0 saturated carbocycles. The Kier molecular flexibility index (Phi) is 8.76. The smallest absolute Gasteiger partial charge is 0.302 e. The molecule has 0 bridgehead atoms. The molecule has 0 aliphatic rings. The van der Waals surface area contributed by atoms with Crippen molar-refractivity contribution in [2.24, 2.45) is 0 Å². The molecule has 5 nitrogen and oxygen atoms in total. The Labute approximate surface area is 226 Å². The van der Waals surface area contributed by atoms with Crippen LogP contribution in [0.3, 0.4) is 0 Å². The Hall–Kier alpha value is -2.04. The van der Waals surface area contributed by atoms with E-state index in [4.69, 9.17) is 4.43 Å². The molecule has 0 fully saturated rings. The highest BCUT2D eigenvalue weighted by Crippen LogP contribution is 2.46. The number of aromatic nitrogens is 3. The Morgan fingerprint density at radius 1 is 1.05 bits per heavy atom. The van der Waals surface area contributed by atoms with Gasteiger partial charge in [-0.05, 0) is 80.8 Å². The topological polar surface area (TPSA) is 59.9 Å². The SMILES string of the molecule is CC[Si](CC)(CC)OC(C)(C)C(F)(F)c1cccc(C(C)Nc2nc(C)nc3nc(C)c(Br)cc23)c1F. The molecule has 1 aromatic carbocycles. The largest absolute Gasteiger partial charge is 0.405 e. The van der Waals surface area contributed by atoms with E-state index in [9.17, 15) is 0 Å². The van der Waals surface area contributed by atoms with Crippen LogP contribution >= 0.6 is 15.9 Å². The second-order valence-electron chi connectivity index (χ2n) is 10.1. The van der Waals surface area contributed by atoms with Gasteiger partial charge < -0.3 is 9.74 Å². The van der Waals surface area contributed by atoms with E-state index in [0.717, 1.165) is 34.4 Å². The molecule has 0 spiro atoms. The number of hydrogen-bond donors (Lipinski definition) is 1. The van der Waals surface area contributed by atoms with Crippen LogP contribution in [0, 0.1) is 19.7 Å². The molecular formula is C27H36BrF3N4OSi. The van der Waals surface area contributed by atoms with Gasteiger partial charge in [0.15, 0.2) is 14.0 Å². The monoisotopic (exact) mass is 596 g/mol. The fraction of sp³-hybridized carbons (Fsp3) is 0.519. The predicted molar refractivity (Wildman–Crippen MR) is 149 cm³/mol. The molecule has 10 heteroatoms. The lowest BCUT2D eigenvalue weighted by Gasteiger charge is -2.42. The van der Waals surface area contributed by atoms with Gasteiger partial charge in [0, 0.05) is 10.0 Å². The van der Waals surface area contributed by atoms with Gasteiger partial charge in [0.2, 0.25) is 0 Å². The van der Waals surface area contributed by atoms with Crippen molar-refractivity contribution in [3.8, 4) is 0 Å². The summed E-state index contributed by atoms with van der Waals surface area (Å²) in [7, 11) is -2.38. The summed E-state index contributed by atoms with van der Waals surface area (Å²) in [5, 5.41) is 3.84. The summed E-state index contributed by atoms with van der Waals surface area (Å²) in [4.78, 5) is 13.4. The number of benzene rings is 1. The predicted octanol–water partition coefficient (Wildman–Crippen LogP) is 8.61. The molecule has 2 aromatic heterocycles. The van der Waals surface area contributed by atoms with E-state index in [1.807, 2.05) is 33.8 Å². The number of nitrogens with one attached hydrogen (secondary N) is 1. The van der Waals surface area contributed by atoms with E-state index in [2.05, 4.69) is 36.2 Å². The van der Waals surface area contributed by atoms with Crippen molar-refractivity contribution < 1.29 is 17.6 Å². The number of alkyl halides is 2. The fourth-order valence-electron chi connectivity index (χ4n) is 4.64. The van der Waals surface area contributed by atoms with Gasteiger partial charge in [0.05, 0.1) is 22.7 Å². The molecule has 0 saturated heterocycles. The summed E-state index contributed by atoms with van der Waals surface area (Å²) >= 11 is 3.48. The van der Waals surface area contributed by atoms with Gasteiger partial charge in [-0.15, -0.1) is 0 Å². The van der Waals surface area contributed by atoms with Gasteiger partial charge in [-0.1, -0.05) is 32.9 Å². The zero-order valence-electron chi connectivity index (χ0n) is 22.8. The molecule has 0 radical (unpaired) electrons. The average molecular weight is 598 g/mol. The molecule has 2 heterocycles. The van der Waals surface area contributed by atoms with E-state index < -0.39 is 37.3 Å². The Morgan fingerprint density at radius 3 is 2.27 bits per heavy atom. The van der Waals surface area contributed by atoms with Crippen LogP contribution in [0.1, 0.15) is 70.2 Å². The maximum Gasteiger partial charge on any atom is 0.302 e. The number of anilines is 1. The highest BCUT2D eigenvalue weighted by atomic mass is 79.9. The summed E-state index contributed by atoms with van der Waals surface area (Å²) < 4.78 is 54.7. The summed E-state index contributed by atoms with van der Waals surface area (Å²) in [5.74, 6) is -3.56. The molecule has 1 atom stereocenters. The first-order valence-corrected chi connectivity index (χ1v) is 16.0. The van der Waals surface area contributed by atoms with E-state index in [-0.39, 0.29) is 5.56 Å². The van der Waals surface area contributed by atoms with Crippen LogP contribution in [0.2, 0.25) is 18.1 Å². The third-order valence-corrected chi connectivity index (χ3v) is 12.9. The van der Waals surface area contributed by atoms with Crippen molar-refractivity contribution in [2.45, 2.75) is 91.1 Å². The van der Waals surface area contributed by atoms with Gasteiger partial charge in [0.1, 0.15) is 23.1 Å². The molecule has 0 amide bonds. The van der Waals surface area contributed by atoms with Crippen molar-refractivity contribution in [2.75, 3.05) is 5.32 Å². The summed E-state index contributed by atoms with van der Waals surface area (Å²) in [6, 6.07) is 7.48. The van der Waals surface area contributed by atoms with Crippen molar-refractivity contribution in [3.05, 3.63) is 57.2 Å². The minimum absolute atomic E-state index is 0.113. The maximum absolute atomic E-state index is 16.0. The quantitative estimate of drug-likeness (QED) is 0.237. The molecule has 37 heavy (non-hydrogen) atoms. The molecule has 1 N–H and O–H groups in total. The number of hydrogen-bond acceptors (Lipinski definition) is 5. The van der Waals surface area contributed by atoms with Gasteiger partial charge in [0.25, 0.3) is 0 Å². The summed E-state index contributed by atoms with van der Waals surface area (Å²) in [6.45, 7) is 14.0. The maximum atomic E-state index is 16.0. The van der Waals surface area contributed by atoms with E-state index >= 15 is 13.2 Å². The number of fused-ring (bicyclic) bond motifs is 1. The van der Waals surface area contributed by atoms with Crippen molar-refractivity contribution in [1.29, 1.82) is 0 Å². The lowest BCUT2D eigenvalue weighted by atomic mass is 9.91. The van der Waals surface area contributed by atoms with Gasteiger partial charge in [-0.3, -0.25) is 0 Å². The van der Waals surface area contributed by atoms with Crippen LogP contribution in [-0.2, 0) is 10.3 Å². The summed E-state index contributed by atoms with van der Waals surface area (Å²) in [5.41, 5.74) is -1.15. The van der Waals surface area contributed by atoms with E-state index in [0.29, 0.717) is 22.7 Å². The van der Waals surface area contributed by atoms with Crippen LogP contribution in [0.5, 0.6) is 0 Å². The molecular weight excluding hydrogens is 561 g/mol. The highest BCUT2D eigenvalue weighted by Gasteiger charge is 2.54. The Balaban J connectivity index is 2.00. The minimum atomic E-state index is -3.55. The fourth-order valence-corrected chi connectivity index (χ4v) is 8.11. The summed E-state index contributed by atoms with van der Waals surface area (Å²) in [6.07, 6.45) is 0. The first kappa shape index (κ1) is 29.5. The molecule has 3 aromatic rings. The van der Waals surface area contributed by atoms with Gasteiger partial charge in [-0.2, -0.15) is 8.78 Å². The molecule has 1 unspecified atom stereocenters. The lowest BCUT2D eigenvalue weighted by molar-refractivity contribution is -0.161. The van der Waals surface area contributed by atoms with Crippen LogP contribution in [0.4, 0.5) is 19.0 Å². The van der Waals surface area contributed by atoms with E-state index in [1.165, 1.54) is 26.0 Å². The van der Waals surface area contributed by atoms with Crippen LogP contribution in [-0.4, -0.2) is 28.9 Å². The third kappa shape index (κ3) is 5.71. The number of rotatable bonds is 10. The second kappa shape index (κ2) is 11.0. The number of aryl methyl sites for hydroxylation is 2. The van der Waals surface area contributed by atoms with Gasteiger partial charge in [-0.25, -0.2) is 19.3 Å². The Morgan fingerprint density at radius 2 is 1.68 bits per heavy atom. The van der Waals surface area contributed by atoms with Crippen molar-refractivity contribution in [3.63, 3.8) is 0 Å². The minimum Gasteiger partial charge on any atom is -0.405 e.